The first-order valence-electron chi connectivity index (χ1n) is 3.60. The van der Waals surface area contributed by atoms with Gasteiger partial charge in [-0.25, -0.2) is 0 Å². The second-order valence-corrected chi connectivity index (χ2v) is 3.08. The van der Waals surface area contributed by atoms with Crippen molar-refractivity contribution in [2.45, 2.75) is 25.0 Å². The zero-order chi connectivity index (χ0) is 8.48. The van der Waals surface area contributed by atoms with Gasteiger partial charge in [-0.05, 0) is 6.92 Å². The molecule has 12 heavy (non-hydrogen) atoms. The van der Waals surface area contributed by atoms with Crippen LogP contribution in [-0.2, 0) is 9.53 Å². The summed E-state index contributed by atoms with van der Waals surface area (Å²) in [5.41, 5.74) is -0.791. The van der Waals surface area contributed by atoms with Crippen molar-refractivity contribution in [3.05, 3.63) is 0 Å². The Bertz CT molecular complexity index is 176. The Morgan fingerprint density at radius 3 is 2.58 bits per heavy atom. The third kappa shape index (κ3) is 2.09. The minimum absolute atomic E-state index is 0. The summed E-state index contributed by atoms with van der Waals surface area (Å²) >= 11 is 0. The van der Waals surface area contributed by atoms with Gasteiger partial charge in [0, 0.05) is 20.1 Å². The quantitative estimate of drug-likeness (QED) is 0.664. The van der Waals surface area contributed by atoms with Gasteiger partial charge in [-0.1, -0.05) is 0 Å². The lowest BCUT2D eigenvalue weighted by Crippen LogP contribution is -2.44. The molecule has 2 unspecified atom stereocenters. The van der Waals surface area contributed by atoms with Crippen LogP contribution in [0.1, 0.15) is 13.3 Å². The first-order valence-corrected chi connectivity index (χ1v) is 3.60. The Kier molecular flexibility index (Phi) is 3.96. The molecular formula is C7H14ClNO3. The number of carbonyl (C=O) groups is 1. The van der Waals surface area contributed by atoms with E-state index in [0.717, 1.165) is 0 Å². The Hall–Kier alpha value is -0.320. The highest BCUT2D eigenvalue weighted by atomic mass is 35.5. The largest absolute Gasteiger partial charge is 0.480 e. The predicted octanol–water partition coefficient (Wildman–Crippen LogP) is 0.260. The SMILES string of the molecule is COC1CNC(C)(C(=O)O)C1.Cl. The summed E-state index contributed by atoms with van der Waals surface area (Å²) in [5, 5.41) is 11.7. The number of carboxylic acid groups (broad SMARTS) is 1. The standard InChI is InChI=1S/C7H13NO3.ClH/c1-7(6(9)10)3-5(11-2)4-8-7;/h5,8H,3-4H2,1-2H3,(H,9,10);1H. The number of methoxy groups -OCH3 is 1. The van der Waals surface area contributed by atoms with Crippen LogP contribution in [0.5, 0.6) is 0 Å². The molecular weight excluding hydrogens is 182 g/mol. The highest BCUT2D eigenvalue weighted by molar-refractivity contribution is 5.85. The van der Waals surface area contributed by atoms with E-state index >= 15 is 0 Å². The summed E-state index contributed by atoms with van der Waals surface area (Å²) in [6, 6.07) is 0. The van der Waals surface area contributed by atoms with E-state index in [1.165, 1.54) is 0 Å². The third-order valence-electron chi connectivity index (χ3n) is 2.16. The van der Waals surface area contributed by atoms with Gasteiger partial charge in [-0.2, -0.15) is 0 Å². The summed E-state index contributed by atoms with van der Waals surface area (Å²) < 4.78 is 5.03. The Balaban J connectivity index is 0.00000121. The van der Waals surface area contributed by atoms with Crippen LogP contribution in [-0.4, -0.2) is 36.4 Å². The second-order valence-electron chi connectivity index (χ2n) is 3.08. The zero-order valence-corrected chi connectivity index (χ0v) is 7.98. The number of ether oxygens (including phenoxy) is 1. The molecule has 1 rings (SSSR count). The molecule has 2 N–H and O–H groups in total. The topological polar surface area (TPSA) is 58.6 Å². The number of rotatable bonds is 2. The van der Waals surface area contributed by atoms with Crippen molar-refractivity contribution in [3.8, 4) is 0 Å². The molecule has 0 aromatic heterocycles. The number of carboxylic acids is 1. The van der Waals surface area contributed by atoms with Crippen molar-refractivity contribution in [3.63, 3.8) is 0 Å². The maximum absolute atomic E-state index is 10.7. The smallest absolute Gasteiger partial charge is 0.323 e. The van der Waals surface area contributed by atoms with Gasteiger partial charge >= 0.3 is 5.97 Å². The molecule has 2 atom stereocenters. The molecule has 4 nitrogen and oxygen atoms in total. The maximum atomic E-state index is 10.7. The lowest BCUT2D eigenvalue weighted by atomic mass is 10.0. The third-order valence-corrected chi connectivity index (χ3v) is 2.16. The van der Waals surface area contributed by atoms with Gasteiger partial charge in [-0.15, -0.1) is 12.4 Å². The number of halogens is 1. The predicted molar refractivity (Wildman–Crippen MR) is 46.7 cm³/mol. The number of nitrogens with one attached hydrogen (secondary N) is 1. The van der Waals surface area contributed by atoms with Crippen molar-refractivity contribution < 1.29 is 14.6 Å². The lowest BCUT2D eigenvalue weighted by molar-refractivity contribution is -0.143. The van der Waals surface area contributed by atoms with Crippen LogP contribution in [0, 0.1) is 0 Å². The monoisotopic (exact) mass is 195 g/mol. The van der Waals surface area contributed by atoms with Gasteiger partial charge in [0.15, 0.2) is 0 Å². The van der Waals surface area contributed by atoms with Crippen LogP contribution >= 0.6 is 12.4 Å². The Labute approximate surface area is 77.7 Å². The minimum Gasteiger partial charge on any atom is -0.480 e. The minimum atomic E-state index is -0.808. The number of hydrogen-bond donors (Lipinski definition) is 2. The first kappa shape index (κ1) is 11.7. The van der Waals surface area contributed by atoms with Crippen LogP contribution in [0.3, 0.4) is 0 Å². The van der Waals surface area contributed by atoms with E-state index in [9.17, 15) is 4.79 Å². The summed E-state index contributed by atoms with van der Waals surface area (Å²) in [5.74, 6) is -0.808. The van der Waals surface area contributed by atoms with E-state index < -0.39 is 11.5 Å². The Morgan fingerprint density at radius 1 is 1.75 bits per heavy atom. The normalized spacial score (nSPS) is 34.3. The molecule has 1 aliphatic heterocycles. The van der Waals surface area contributed by atoms with Crippen molar-refractivity contribution in [1.29, 1.82) is 0 Å². The average Bonchev–Trinajstić information content (AvgIpc) is 2.33. The van der Waals surface area contributed by atoms with E-state index in [1.54, 1.807) is 14.0 Å². The van der Waals surface area contributed by atoms with E-state index in [1.807, 2.05) is 0 Å². The van der Waals surface area contributed by atoms with Crippen molar-refractivity contribution in [2.75, 3.05) is 13.7 Å². The van der Waals surface area contributed by atoms with Crippen LogP contribution < -0.4 is 5.32 Å². The van der Waals surface area contributed by atoms with Crippen molar-refractivity contribution in [2.24, 2.45) is 0 Å². The van der Waals surface area contributed by atoms with Crippen LogP contribution in [0.4, 0.5) is 0 Å². The molecule has 1 saturated heterocycles. The molecule has 72 valence electrons. The molecule has 0 bridgehead atoms. The maximum Gasteiger partial charge on any atom is 0.323 e. The molecule has 1 heterocycles. The van der Waals surface area contributed by atoms with Gasteiger partial charge in [-0.3, -0.25) is 10.1 Å². The van der Waals surface area contributed by atoms with Crippen LogP contribution in [0.25, 0.3) is 0 Å². The van der Waals surface area contributed by atoms with E-state index in [4.69, 9.17) is 9.84 Å². The lowest BCUT2D eigenvalue weighted by Gasteiger charge is -2.17. The number of aliphatic carboxylic acids is 1. The van der Waals surface area contributed by atoms with E-state index in [0.29, 0.717) is 13.0 Å². The average molecular weight is 196 g/mol. The van der Waals surface area contributed by atoms with Gasteiger partial charge in [0.2, 0.25) is 0 Å². The molecule has 0 aromatic rings. The van der Waals surface area contributed by atoms with Gasteiger partial charge in [0.1, 0.15) is 5.54 Å². The molecule has 0 saturated carbocycles. The summed E-state index contributed by atoms with van der Waals surface area (Å²) in [4.78, 5) is 10.7. The van der Waals surface area contributed by atoms with Crippen molar-refractivity contribution >= 4 is 18.4 Å². The molecule has 0 aromatic carbocycles. The van der Waals surface area contributed by atoms with Crippen LogP contribution in [0.15, 0.2) is 0 Å². The van der Waals surface area contributed by atoms with Gasteiger partial charge in [0.25, 0.3) is 0 Å². The Morgan fingerprint density at radius 2 is 2.33 bits per heavy atom. The molecule has 1 fully saturated rings. The number of hydrogen-bond acceptors (Lipinski definition) is 3. The van der Waals surface area contributed by atoms with E-state index in [2.05, 4.69) is 5.32 Å². The molecule has 0 spiro atoms. The fraction of sp³-hybridized carbons (Fsp3) is 0.857. The first-order chi connectivity index (χ1) is 5.08. The summed E-state index contributed by atoms with van der Waals surface area (Å²) in [7, 11) is 1.60. The van der Waals surface area contributed by atoms with Gasteiger partial charge in [0.05, 0.1) is 6.10 Å². The fourth-order valence-electron chi connectivity index (χ4n) is 1.27. The molecule has 0 radical (unpaired) electrons. The highest BCUT2D eigenvalue weighted by Gasteiger charge is 2.40. The molecule has 5 heteroatoms. The molecule has 1 aliphatic rings. The molecule has 0 aliphatic carbocycles. The zero-order valence-electron chi connectivity index (χ0n) is 7.16. The van der Waals surface area contributed by atoms with Crippen LogP contribution in [0.2, 0.25) is 0 Å². The highest BCUT2D eigenvalue weighted by Crippen LogP contribution is 2.20. The fourth-order valence-corrected chi connectivity index (χ4v) is 1.27. The van der Waals surface area contributed by atoms with E-state index in [-0.39, 0.29) is 18.5 Å². The van der Waals surface area contributed by atoms with Crippen molar-refractivity contribution in [1.82, 2.24) is 5.32 Å². The van der Waals surface area contributed by atoms with Gasteiger partial charge < -0.3 is 9.84 Å². The summed E-state index contributed by atoms with van der Waals surface area (Å²) in [6.45, 7) is 2.30. The summed E-state index contributed by atoms with van der Waals surface area (Å²) in [6.07, 6.45) is 0.579. The molecule has 0 amide bonds. The second kappa shape index (κ2) is 4.07.